The quantitative estimate of drug-likeness (QED) is 0.800. The number of benzene rings is 1. The van der Waals surface area contributed by atoms with Gasteiger partial charge in [-0.25, -0.2) is 17.5 Å². The van der Waals surface area contributed by atoms with Crippen LogP contribution in [0.3, 0.4) is 0 Å². The molecule has 7 heteroatoms. The standard InChI is InChI=1S/C12H18BrFN2O2S/c1-4-12(2,3)7-16-19(17,18)11-5-8(13)9(14)6-10(11)15/h5-6,16H,4,7,15H2,1-3H3. The molecule has 0 atom stereocenters. The van der Waals surface area contributed by atoms with Gasteiger partial charge in [-0.2, -0.15) is 0 Å². The SMILES string of the molecule is CCC(C)(C)CNS(=O)(=O)c1cc(Br)c(F)cc1N. The van der Waals surface area contributed by atoms with Gasteiger partial charge >= 0.3 is 0 Å². The molecule has 0 saturated carbocycles. The first-order valence-corrected chi connectivity index (χ1v) is 8.11. The van der Waals surface area contributed by atoms with Gasteiger partial charge in [0.2, 0.25) is 10.0 Å². The Bertz CT molecular complexity index is 573. The molecule has 0 aliphatic heterocycles. The van der Waals surface area contributed by atoms with E-state index in [0.29, 0.717) is 6.54 Å². The molecule has 0 fully saturated rings. The van der Waals surface area contributed by atoms with E-state index in [9.17, 15) is 12.8 Å². The third kappa shape index (κ3) is 4.15. The number of hydrogen-bond donors (Lipinski definition) is 2. The first-order valence-electron chi connectivity index (χ1n) is 5.83. The van der Waals surface area contributed by atoms with E-state index in [4.69, 9.17) is 5.73 Å². The van der Waals surface area contributed by atoms with Crippen LogP contribution in [-0.2, 0) is 10.0 Å². The summed E-state index contributed by atoms with van der Waals surface area (Å²) in [5.74, 6) is -0.592. The fourth-order valence-corrected chi connectivity index (χ4v) is 3.14. The highest BCUT2D eigenvalue weighted by atomic mass is 79.9. The Balaban J connectivity index is 3.05. The maximum absolute atomic E-state index is 13.2. The van der Waals surface area contributed by atoms with Crippen molar-refractivity contribution in [2.24, 2.45) is 5.41 Å². The van der Waals surface area contributed by atoms with Crippen molar-refractivity contribution in [1.82, 2.24) is 4.72 Å². The lowest BCUT2D eigenvalue weighted by atomic mass is 9.91. The molecule has 0 radical (unpaired) electrons. The summed E-state index contributed by atoms with van der Waals surface area (Å²) in [6, 6.07) is 2.16. The number of anilines is 1. The molecular weight excluding hydrogens is 335 g/mol. The average Bonchev–Trinajstić information content (AvgIpc) is 2.31. The molecule has 0 aliphatic rings. The van der Waals surface area contributed by atoms with Gasteiger partial charge in [-0.1, -0.05) is 20.8 Å². The van der Waals surface area contributed by atoms with Gasteiger partial charge in [-0.05, 0) is 39.9 Å². The molecular formula is C12H18BrFN2O2S. The molecule has 0 spiro atoms. The molecule has 0 amide bonds. The summed E-state index contributed by atoms with van der Waals surface area (Å²) in [5, 5.41) is 0. The summed E-state index contributed by atoms with van der Waals surface area (Å²) in [5.41, 5.74) is 5.31. The summed E-state index contributed by atoms with van der Waals surface area (Å²) in [6.07, 6.45) is 0.831. The van der Waals surface area contributed by atoms with Gasteiger partial charge in [0.15, 0.2) is 0 Å². The van der Waals surface area contributed by atoms with Crippen molar-refractivity contribution in [3.05, 3.63) is 22.4 Å². The van der Waals surface area contributed by atoms with Crippen LogP contribution in [0.2, 0.25) is 0 Å². The number of nitrogens with two attached hydrogens (primary N) is 1. The average molecular weight is 353 g/mol. The summed E-state index contributed by atoms with van der Waals surface area (Å²) in [4.78, 5) is -0.118. The topological polar surface area (TPSA) is 72.2 Å². The van der Waals surface area contributed by atoms with Crippen molar-refractivity contribution in [2.45, 2.75) is 32.1 Å². The van der Waals surface area contributed by atoms with Crippen LogP contribution in [0.4, 0.5) is 10.1 Å². The van der Waals surface area contributed by atoms with Crippen molar-refractivity contribution < 1.29 is 12.8 Å². The van der Waals surface area contributed by atoms with Crippen molar-refractivity contribution in [3.63, 3.8) is 0 Å². The van der Waals surface area contributed by atoms with E-state index >= 15 is 0 Å². The zero-order valence-electron chi connectivity index (χ0n) is 11.1. The number of nitrogens with one attached hydrogen (secondary N) is 1. The largest absolute Gasteiger partial charge is 0.398 e. The van der Waals surface area contributed by atoms with Gasteiger partial charge in [0.25, 0.3) is 0 Å². The minimum Gasteiger partial charge on any atom is -0.398 e. The molecule has 3 N–H and O–H groups in total. The zero-order valence-corrected chi connectivity index (χ0v) is 13.5. The van der Waals surface area contributed by atoms with Crippen LogP contribution in [0.15, 0.2) is 21.5 Å². The second-order valence-electron chi connectivity index (χ2n) is 5.15. The highest BCUT2D eigenvalue weighted by Gasteiger charge is 2.23. The van der Waals surface area contributed by atoms with Crippen LogP contribution in [0, 0.1) is 11.2 Å². The summed E-state index contributed by atoms with van der Waals surface area (Å²) in [7, 11) is -3.75. The van der Waals surface area contributed by atoms with Crippen LogP contribution in [0.1, 0.15) is 27.2 Å². The maximum Gasteiger partial charge on any atom is 0.242 e. The summed E-state index contributed by atoms with van der Waals surface area (Å²) < 4.78 is 40.1. The van der Waals surface area contributed by atoms with Crippen molar-refractivity contribution >= 4 is 31.6 Å². The molecule has 0 unspecified atom stereocenters. The molecule has 4 nitrogen and oxygen atoms in total. The predicted octanol–water partition coefficient (Wildman–Crippen LogP) is 2.88. The predicted molar refractivity (Wildman–Crippen MR) is 77.8 cm³/mol. The fourth-order valence-electron chi connectivity index (χ4n) is 1.27. The highest BCUT2D eigenvalue weighted by Crippen LogP contribution is 2.27. The third-order valence-electron chi connectivity index (χ3n) is 3.04. The number of rotatable bonds is 5. The maximum atomic E-state index is 13.2. The van der Waals surface area contributed by atoms with Crippen LogP contribution in [0.5, 0.6) is 0 Å². The van der Waals surface area contributed by atoms with Gasteiger partial charge in [0.05, 0.1) is 10.2 Å². The van der Waals surface area contributed by atoms with Crippen LogP contribution in [0.25, 0.3) is 0 Å². The molecule has 0 bridgehead atoms. The number of nitrogen functional groups attached to an aromatic ring is 1. The van der Waals surface area contributed by atoms with E-state index in [-0.39, 0.29) is 20.5 Å². The second kappa shape index (κ2) is 5.76. The lowest BCUT2D eigenvalue weighted by Crippen LogP contribution is -2.34. The van der Waals surface area contributed by atoms with E-state index in [0.717, 1.165) is 12.5 Å². The number of halogens is 2. The molecule has 1 aromatic rings. The smallest absolute Gasteiger partial charge is 0.242 e. The molecule has 1 aromatic carbocycles. The zero-order chi connectivity index (χ0) is 14.8. The highest BCUT2D eigenvalue weighted by molar-refractivity contribution is 9.10. The Labute approximate surface area is 121 Å². The normalized spacial score (nSPS) is 12.7. The summed E-state index contributed by atoms with van der Waals surface area (Å²) in [6.45, 7) is 6.19. The Morgan fingerprint density at radius 2 is 2.00 bits per heavy atom. The first kappa shape index (κ1) is 16.4. The minimum atomic E-state index is -3.75. The van der Waals surface area contributed by atoms with Crippen molar-refractivity contribution in [2.75, 3.05) is 12.3 Å². The van der Waals surface area contributed by atoms with Gasteiger partial charge in [-0.15, -0.1) is 0 Å². The first-order chi connectivity index (χ1) is 8.59. The van der Waals surface area contributed by atoms with Crippen LogP contribution in [-0.4, -0.2) is 15.0 Å². The van der Waals surface area contributed by atoms with Crippen molar-refractivity contribution in [1.29, 1.82) is 0 Å². The van der Waals surface area contributed by atoms with Crippen LogP contribution >= 0.6 is 15.9 Å². The molecule has 0 saturated heterocycles. The fraction of sp³-hybridized carbons (Fsp3) is 0.500. The number of hydrogen-bond acceptors (Lipinski definition) is 3. The van der Waals surface area contributed by atoms with E-state index in [1.807, 2.05) is 20.8 Å². The Hall–Kier alpha value is -0.660. The minimum absolute atomic E-state index is 0.0665. The Morgan fingerprint density at radius 1 is 1.42 bits per heavy atom. The van der Waals surface area contributed by atoms with E-state index < -0.39 is 15.8 Å². The Morgan fingerprint density at radius 3 is 2.53 bits per heavy atom. The van der Waals surface area contributed by atoms with E-state index in [1.165, 1.54) is 6.07 Å². The van der Waals surface area contributed by atoms with E-state index in [1.54, 1.807) is 0 Å². The second-order valence-corrected chi connectivity index (χ2v) is 7.74. The lowest BCUT2D eigenvalue weighted by Gasteiger charge is -2.23. The molecule has 1 rings (SSSR count). The number of sulfonamides is 1. The van der Waals surface area contributed by atoms with Gasteiger partial charge < -0.3 is 5.73 Å². The van der Waals surface area contributed by atoms with Gasteiger partial charge in [0, 0.05) is 6.54 Å². The molecule has 0 aliphatic carbocycles. The molecule has 108 valence electrons. The van der Waals surface area contributed by atoms with Gasteiger partial charge in [-0.3, -0.25) is 0 Å². The monoisotopic (exact) mass is 352 g/mol. The van der Waals surface area contributed by atoms with Crippen LogP contribution < -0.4 is 10.5 Å². The third-order valence-corrected chi connectivity index (χ3v) is 5.10. The van der Waals surface area contributed by atoms with Gasteiger partial charge in [0.1, 0.15) is 10.7 Å². The molecule has 0 aromatic heterocycles. The molecule has 0 heterocycles. The molecule has 19 heavy (non-hydrogen) atoms. The van der Waals surface area contributed by atoms with Crippen molar-refractivity contribution in [3.8, 4) is 0 Å². The van der Waals surface area contributed by atoms with E-state index in [2.05, 4.69) is 20.7 Å². The lowest BCUT2D eigenvalue weighted by molar-refractivity contribution is 0.350. The summed E-state index contributed by atoms with van der Waals surface area (Å²) >= 11 is 2.95. The Kier molecular flexibility index (Phi) is 4.97.